The number of piperidine rings is 2. The van der Waals surface area contributed by atoms with Gasteiger partial charge in [-0.3, -0.25) is 14.4 Å². The maximum absolute atomic E-state index is 13.0. The van der Waals surface area contributed by atoms with Crippen LogP contribution in [-0.2, 0) is 25.5 Å². The maximum atomic E-state index is 13.0. The van der Waals surface area contributed by atoms with E-state index in [1.165, 1.54) is 9.80 Å². The van der Waals surface area contributed by atoms with Crippen LogP contribution in [0.5, 0.6) is 0 Å². The van der Waals surface area contributed by atoms with E-state index in [0.29, 0.717) is 45.4 Å². The van der Waals surface area contributed by atoms with E-state index in [0.717, 1.165) is 5.56 Å². The number of benzene rings is 1. The van der Waals surface area contributed by atoms with Crippen LogP contribution in [0.2, 0.25) is 0 Å². The molecule has 2 aliphatic rings. The zero-order chi connectivity index (χ0) is 26.1. The molecule has 0 radical (unpaired) electrons. The summed E-state index contributed by atoms with van der Waals surface area (Å²) in [5, 5.41) is 18.7. The van der Waals surface area contributed by atoms with E-state index in [9.17, 15) is 24.5 Å². The number of carbonyl (C=O) groups is 3. The van der Waals surface area contributed by atoms with E-state index in [4.69, 9.17) is 10.5 Å². The summed E-state index contributed by atoms with van der Waals surface area (Å²) in [6, 6.07) is 8.08. The van der Waals surface area contributed by atoms with Gasteiger partial charge in [0.15, 0.2) is 11.3 Å². The van der Waals surface area contributed by atoms with Gasteiger partial charge in [0.25, 0.3) is 5.96 Å². The highest BCUT2D eigenvalue weighted by Gasteiger charge is 2.36. The number of hydrogen-bond donors (Lipinski definition) is 3. The highest BCUT2D eigenvalue weighted by atomic mass is 16.7. The quantitative estimate of drug-likeness (QED) is 0.180. The molecule has 0 saturated carbocycles. The Labute approximate surface area is 209 Å². The molecule has 1 unspecified atom stereocenters. The number of likely N-dealkylation sites (tertiary alicyclic amines) is 2. The summed E-state index contributed by atoms with van der Waals surface area (Å²) in [6.45, 7) is 2.71. The van der Waals surface area contributed by atoms with Gasteiger partial charge >= 0.3 is 0 Å². The molecule has 196 valence electrons. The fourth-order valence-electron chi connectivity index (χ4n) is 4.56. The third-order valence-electron chi connectivity index (χ3n) is 6.14. The molecule has 0 spiro atoms. The number of guanidine groups is 1. The van der Waals surface area contributed by atoms with Crippen molar-refractivity contribution in [3.05, 3.63) is 46.0 Å². The number of nitrogens with zero attached hydrogens (tertiary/aromatic N) is 4. The Hall–Kier alpha value is -3.74. The number of nitro groups is 1. The molecule has 2 saturated heterocycles. The van der Waals surface area contributed by atoms with Crippen LogP contribution >= 0.6 is 0 Å². The van der Waals surface area contributed by atoms with Crippen molar-refractivity contribution in [3.63, 3.8) is 0 Å². The number of nitrogens with one attached hydrogen (secondary N) is 2. The smallest absolute Gasteiger partial charge is 0.270 e. The van der Waals surface area contributed by atoms with Crippen LogP contribution in [-0.4, -0.2) is 83.1 Å². The third-order valence-corrected chi connectivity index (χ3v) is 6.14. The Balaban J connectivity index is 1.57. The molecule has 13 nitrogen and oxygen atoms in total. The fraction of sp³-hybridized carbons (Fsp3) is 0.565. The summed E-state index contributed by atoms with van der Waals surface area (Å²) in [6.07, 6.45) is 1.80. The average Bonchev–Trinajstić information content (AvgIpc) is 2.83. The molecule has 2 fully saturated rings. The lowest BCUT2D eigenvalue weighted by molar-refractivity contribution is -0.486. The second-order valence-electron chi connectivity index (χ2n) is 8.74. The van der Waals surface area contributed by atoms with Gasteiger partial charge in [0.05, 0.1) is 19.0 Å². The predicted molar refractivity (Wildman–Crippen MR) is 130 cm³/mol. The van der Waals surface area contributed by atoms with Gasteiger partial charge in [-0.15, -0.1) is 0 Å². The standard InChI is InChI=1S/C23H33N7O6/c1-2-36-22-18(11-7-13-29(22)23(24)27-30(34)35)26-20(32)15-28-12-6-10-17(21(28)33)25-19(31)14-16-8-4-3-5-9-16/h3-5,8-9,17-18,22H,2,6-7,10-15H2,1H3,(H2,24,27)(H,25,31)(H,26,32)/t17-,18-,22?/m0/s1. The lowest BCUT2D eigenvalue weighted by Gasteiger charge is -2.41. The zero-order valence-electron chi connectivity index (χ0n) is 20.3. The van der Waals surface area contributed by atoms with Crippen LogP contribution in [0.4, 0.5) is 0 Å². The number of carbonyl (C=O) groups excluding carboxylic acids is 3. The summed E-state index contributed by atoms with van der Waals surface area (Å²) in [5.74, 6) is -1.23. The Morgan fingerprint density at radius 2 is 1.89 bits per heavy atom. The number of nitrogens with two attached hydrogens (primary N) is 1. The third kappa shape index (κ3) is 7.38. The first-order chi connectivity index (χ1) is 17.3. The summed E-state index contributed by atoms with van der Waals surface area (Å²) in [5.41, 5.74) is 6.64. The van der Waals surface area contributed by atoms with Gasteiger partial charge in [-0.1, -0.05) is 30.3 Å². The molecule has 0 bridgehead atoms. The van der Waals surface area contributed by atoms with Crippen molar-refractivity contribution in [2.75, 3.05) is 26.2 Å². The molecular weight excluding hydrogens is 470 g/mol. The van der Waals surface area contributed by atoms with Gasteiger partial charge in [0.1, 0.15) is 11.1 Å². The Morgan fingerprint density at radius 1 is 1.17 bits per heavy atom. The molecule has 36 heavy (non-hydrogen) atoms. The second kappa shape index (κ2) is 12.8. The topological polar surface area (TPSA) is 172 Å². The molecule has 2 aliphatic heterocycles. The van der Waals surface area contributed by atoms with Crippen LogP contribution in [0.1, 0.15) is 38.2 Å². The molecule has 0 aromatic heterocycles. The molecule has 3 atom stereocenters. The van der Waals surface area contributed by atoms with Crippen molar-refractivity contribution < 1.29 is 24.2 Å². The lowest BCUT2D eigenvalue weighted by atomic mass is 10.0. The van der Waals surface area contributed by atoms with Crippen molar-refractivity contribution in [3.8, 4) is 0 Å². The Morgan fingerprint density at radius 3 is 2.58 bits per heavy atom. The molecule has 1 aromatic rings. The Bertz CT molecular complexity index is 973. The van der Waals surface area contributed by atoms with Crippen LogP contribution in [0, 0.1) is 10.1 Å². The van der Waals surface area contributed by atoms with Crippen LogP contribution < -0.4 is 16.4 Å². The number of hydrogen-bond acceptors (Lipinski definition) is 6. The predicted octanol–water partition coefficient (Wildman–Crippen LogP) is -0.214. The van der Waals surface area contributed by atoms with Crippen LogP contribution in [0.25, 0.3) is 0 Å². The SMILES string of the molecule is CCOC1[C@@H](NC(=O)CN2CCC[C@H](NC(=O)Cc3ccccc3)C2=O)CCCN1/C(N)=N/[N+](=O)[O-]. The second-order valence-corrected chi connectivity index (χ2v) is 8.74. The number of ether oxygens (including phenoxy) is 1. The first kappa shape index (κ1) is 26.9. The summed E-state index contributed by atoms with van der Waals surface area (Å²) >= 11 is 0. The van der Waals surface area contributed by atoms with Crippen molar-refractivity contribution in [2.24, 2.45) is 10.8 Å². The number of hydrazone groups is 1. The number of rotatable bonds is 9. The van der Waals surface area contributed by atoms with Gasteiger partial charge in [0.2, 0.25) is 17.7 Å². The highest BCUT2D eigenvalue weighted by Crippen LogP contribution is 2.19. The van der Waals surface area contributed by atoms with Crippen molar-refractivity contribution in [1.29, 1.82) is 0 Å². The molecule has 3 rings (SSSR count). The minimum absolute atomic E-state index is 0.169. The van der Waals surface area contributed by atoms with Gasteiger partial charge in [-0.2, -0.15) is 0 Å². The minimum atomic E-state index is -0.877. The molecule has 13 heteroatoms. The summed E-state index contributed by atoms with van der Waals surface area (Å²) < 4.78 is 5.73. The van der Waals surface area contributed by atoms with E-state index in [1.807, 2.05) is 30.3 Å². The van der Waals surface area contributed by atoms with Gasteiger partial charge < -0.3 is 30.9 Å². The molecule has 4 N–H and O–H groups in total. The van der Waals surface area contributed by atoms with Gasteiger partial charge in [0, 0.05) is 19.7 Å². The first-order valence-corrected chi connectivity index (χ1v) is 12.1. The molecular formula is C23H33N7O6. The van der Waals surface area contributed by atoms with Crippen molar-refractivity contribution in [1.82, 2.24) is 20.4 Å². The average molecular weight is 504 g/mol. The van der Waals surface area contributed by atoms with Crippen molar-refractivity contribution >= 4 is 23.7 Å². The zero-order valence-corrected chi connectivity index (χ0v) is 20.3. The van der Waals surface area contributed by atoms with E-state index >= 15 is 0 Å². The maximum Gasteiger partial charge on any atom is 0.270 e. The summed E-state index contributed by atoms with van der Waals surface area (Å²) in [7, 11) is 0. The monoisotopic (exact) mass is 503 g/mol. The van der Waals surface area contributed by atoms with Gasteiger partial charge in [-0.25, -0.2) is 10.1 Å². The first-order valence-electron chi connectivity index (χ1n) is 12.1. The summed E-state index contributed by atoms with van der Waals surface area (Å²) in [4.78, 5) is 51.9. The van der Waals surface area contributed by atoms with E-state index in [1.54, 1.807) is 6.92 Å². The van der Waals surface area contributed by atoms with Crippen LogP contribution in [0.3, 0.4) is 0 Å². The lowest BCUT2D eigenvalue weighted by Crippen LogP contribution is -2.61. The molecule has 1 aromatic carbocycles. The van der Waals surface area contributed by atoms with E-state index < -0.39 is 23.3 Å². The molecule has 0 aliphatic carbocycles. The largest absolute Gasteiger partial charge is 0.364 e. The number of amides is 3. The Kier molecular flexibility index (Phi) is 9.56. The fourth-order valence-corrected chi connectivity index (χ4v) is 4.56. The van der Waals surface area contributed by atoms with E-state index in [-0.39, 0.29) is 36.6 Å². The van der Waals surface area contributed by atoms with Crippen molar-refractivity contribution in [2.45, 2.75) is 57.3 Å². The van der Waals surface area contributed by atoms with Crippen LogP contribution in [0.15, 0.2) is 35.4 Å². The van der Waals surface area contributed by atoms with E-state index in [2.05, 4.69) is 15.7 Å². The minimum Gasteiger partial charge on any atom is -0.364 e. The van der Waals surface area contributed by atoms with Gasteiger partial charge in [-0.05, 0) is 38.2 Å². The highest BCUT2D eigenvalue weighted by molar-refractivity contribution is 5.91. The molecule has 2 heterocycles. The normalized spacial score (nSPS) is 22.8. The molecule has 3 amide bonds.